The Kier molecular flexibility index (Phi) is 17.4. The molecule has 24 heteroatoms. The Morgan fingerprint density at radius 2 is 1.41 bits per heavy atom. The Balaban J connectivity index is 0.887. The highest BCUT2D eigenvalue weighted by molar-refractivity contribution is 5.84. The first kappa shape index (κ1) is 61.4. The zero-order chi connectivity index (χ0) is 57.9. The fraction of sp³-hybridized carbons (Fsp3) is 0.927. The molecule has 4 aliphatic carbocycles. The van der Waals surface area contributed by atoms with Crippen LogP contribution >= 0.6 is 0 Å². The zero-order valence-electron chi connectivity index (χ0n) is 46.9. The van der Waals surface area contributed by atoms with E-state index in [2.05, 4.69) is 33.8 Å². The molecule has 28 atom stereocenters. The molecule has 0 aromatic heterocycles. The number of esters is 2. The lowest BCUT2D eigenvalue weighted by atomic mass is 9.41. The topological polar surface area (TPSA) is 358 Å². The summed E-state index contributed by atoms with van der Waals surface area (Å²) < 4.78 is 65.8. The van der Waals surface area contributed by atoms with Crippen molar-refractivity contribution in [2.75, 3.05) is 26.9 Å². The summed E-state index contributed by atoms with van der Waals surface area (Å²) in [5.74, 6) is -1.22. The van der Waals surface area contributed by atoms with Gasteiger partial charge in [0.2, 0.25) is 0 Å². The first-order chi connectivity index (χ1) is 36.9. The fourth-order valence-electron chi connectivity index (χ4n) is 16.2. The van der Waals surface area contributed by atoms with Crippen LogP contribution in [0.25, 0.3) is 0 Å². The minimum Gasteiger partial charge on any atom is -0.462 e. The van der Waals surface area contributed by atoms with Gasteiger partial charge in [0.15, 0.2) is 25.2 Å². The number of aliphatic hydroxyl groups is 11. The zero-order valence-corrected chi connectivity index (χ0v) is 46.9. The van der Waals surface area contributed by atoms with Gasteiger partial charge in [-0.25, -0.2) is 0 Å². The van der Waals surface area contributed by atoms with Crippen LogP contribution in [-0.2, 0) is 61.7 Å². The van der Waals surface area contributed by atoms with Gasteiger partial charge in [0.25, 0.3) is 0 Å². The largest absolute Gasteiger partial charge is 0.462 e. The molecule has 3 saturated carbocycles. The second-order valence-electron chi connectivity index (χ2n) is 26.0. The van der Waals surface area contributed by atoms with Crippen LogP contribution in [0.15, 0.2) is 11.6 Å². The van der Waals surface area contributed by atoms with Crippen molar-refractivity contribution < 1.29 is 118 Å². The summed E-state index contributed by atoms with van der Waals surface area (Å²) in [6.07, 6.45) is -23.5. The highest BCUT2D eigenvalue weighted by Crippen LogP contribution is 2.77. The highest BCUT2D eigenvalue weighted by atomic mass is 16.8. The third-order valence-corrected chi connectivity index (χ3v) is 20.5. The van der Waals surface area contributed by atoms with Gasteiger partial charge >= 0.3 is 11.9 Å². The van der Waals surface area contributed by atoms with Gasteiger partial charge in [0.1, 0.15) is 91.1 Å². The molecule has 0 bridgehead atoms. The second-order valence-corrected chi connectivity index (χ2v) is 26.0. The van der Waals surface area contributed by atoms with Crippen LogP contribution in [0, 0.1) is 39.4 Å². The van der Waals surface area contributed by atoms with Crippen molar-refractivity contribution in [1.82, 2.24) is 0 Å². The minimum atomic E-state index is -1.89. The molecule has 9 aliphatic rings. The summed E-state index contributed by atoms with van der Waals surface area (Å²) in [5, 5.41) is 121. The quantitative estimate of drug-likeness (QED) is 0.0689. The first-order valence-corrected chi connectivity index (χ1v) is 28.2. The van der Waals surface area contributed by atoms with E-state index < -0.39 is 175 Å². The van der Waals surface area contributed by atoms with Crippen molar-refractivity contribution in [2.45, 2.75) is 254 Å². The number of hydrogen-bond acceptors (Lipinski definition) is 24. The third-order valence-electron chi connectivity index (χ3n) is 20.5. The Hall–Kier alpha value is -2.12. The van der Waals surface area contributed by atoms with Gasteiger partial charge in [-0.15, -0.1) is 0 Å². The van der Waals surface area contributed by atoms with Gasteiger partial charge < -0.3 is 108 Å². The Bertz CT molecular complexity index is 2210. The van der Waals surface area contributed by atoms with Crippen molar-refractivity contribution in [2.24, 2.45) is 39.4 Å². The molecule has 0 amide bonds. The van der Waals surface area contributed by atoms with Crippen molar-refractivity contribution in [1.29, 1.82) is 0 Å². The molecule has 0 aromatic carbocycles. The van der Waals surface area contributed by atoms with E-state index in [0.717, 1.165) is 5.57 Å². The van der Waals surface area contributed by atoms with Crippen molar-refractivity contribution in [3.63, 3.8) is 0 Å². The van der Waals surface area contributed by atoms with Crippen molar-refractivity contribution in [3.05, 3.63) is 11.6 Å². The molecular formula is C55H88O24. The summed E-state index contributed by atoms with van der Waals surface area (Å²) in [6.45, 7) is 15.0. The van der Waals surface area contributed by atoms with Crippen LogP contribution in [0.5, 0.6) is 0 Å². The van der Waals surface area contributed by atoms with E-state index in [1.807, 2.05) is 6.92 Å². The molecule has 452 valence electrons. The van der Waals surface area contributed by atoms with Gasteiger partial charge in [0, 0.05) is 19.4 Å². The monoisotopic (exact) mass is 1130 g/mol. The Morgan fingerprint density at radius 1 is 0.772 bits per heavy atom. The van der Waals surface area contributed by atoms with E-state index in [9.17, 15) is 65.8 Å². The minimum absolute atomic E-state index is 0.0271. The maximum absolute atomic E-state index is 14.7. The molecule has 1 spiro atoms. The fourth-order valence-corrected chi connectivity index (χ4v) is 16.2. The van der Waals surface area contributed by atoms with Crippen LogP contribution in [-0.4, -0.2) is 235 Å². The van der Waals surface area contributed by atoms with Crippen LogP contribution in [0.3, 0.4) is 0 Å². The lowest BCUT2D eigenvalue weighted by molar-refractivity contribution is -0.387. The van der Waals surface area contributed by atoms with Crippen molar-refractivity contribution >= 4 is 11.9 Å². The highest BCUT2D eigenvalue weighted by Gasteiger charge is 2.79. The average Bonchev–Trinajstić information content (AvgIpc) is 3.47. The molecule has 8 fully saturated rings. The predicted octanol–water partition coefficient (Wildman–Crippen LogP) is -1.04. The average molecular weight is 1130 g/mol. The number of ether oxygens (including phenoxy) is 11. The third kappa shape index (κ3) is 10.4. The second kappa shape index (κ2) is 22.4. The normalized spacial score (nSPS) is 51.0. The van der Waals surface area contributed by atoms with Crippen LogP contribution in [0.1, 0.15) is 114 Å². The molecule has 1 unspecified atom stereocenters. The number of cyclic esters (lactones) is 1. The van der Waals surface area contributed by atoms with E-state index >= 15 is 0 Å². The molecule has 9 rings (SSSR count). The summed E-state index contributed by atoms with van der Waals surface area (Å²) in [6, 6.07) is 0. The molecule has 79 heavy (non-hydrogen) atoms. The number of methoxy groups -OCH3 is 1. The van der Waals surface area contributed by atoms with E-state index in [1.165, 1.54) is 34.8 Å². The maximum Gasteiger partial charge on any atom is 0.314 e. The number of rotatable bonds is 15. The van der Waals surface area contributed by atoms with Gasteiger partial charge in [-0.3, -0.25) is 9.59 Å². The SMILES string of the molecule is CO[C@@H]1[C@@H](O)[C@H](O[C@@H]2[C@@H](O)[C@H](O[C@H]3[C@H](O)[C@@H](O)[C@H](O[C@H]4[C@H](O[C@H]5CC[C@]6(C)[C@@H]7CC[C@]89C(=O)O[C@@](C)(CCC(O)C(C)(C)O)[C@H]8[C@@H](OC(C)=O)C[C@@]9(C)C7=CC[C@H]6C5(C)C)OC[C@@H](O)[C@@H]4O)O[C@@H]3C)O[C@H](CO)[C@H]2O)OC[C@H]1O. The number of carbonyl (C=O) groups excluding carboxylic acids is 2. The number of carbonyl (C=O) groups is 2. The maximum atomic E-state index is 14.7. The molecular weight excluding hydrogens is 1040 g/mol. The number of hydrogen-bond donors (Lipinski definition) is 11. The van der Waals surface area contributed by atoms with E-state index in [4.69, 9.17) is 52.1 Å². The summed E-state index contributed by atoms with van der Waals surface area (Å²) in [4.78, 5) is 27.4. The van der Waals surface area contributed by atoms with Crippen LogP contribution in [0.4, 0.5) is 0 Å². The summed E-state index contributed by atoms with van der Waals surface area (Å²) in [5.41, 5.74) is -3.89. The molecule has 0 radical (unpaired) electrons. The standard InChI is InChI=1S/C55H88O24/c1-23-40(76-47-39(66)42(35(62)30(20-56)74-47)77-45-38(65)41(69-10)28(59)22-70-45)36(63)37(64)46(72-23)78-43-34(61)27(58)21-71-48(43)75-33-15-16-52(7)25-13-18-55-44(54(9,79-49(55)67)17-14-32(60)51(5,6)68)29(73-24(2)57)19-53(55,8)26(25)11-12-31(52)50(33,3)4/h11,23,25,27-48,56,58-66,68H,12-22H2,1-10H3/t23-,25-,27-,28-,29+,30-,31+,32?,33+,34+,35-,36-,37-,38-,39-,40-,41+,42+,43-,44-,45+,46+,47+,48+,52-,53+,54+,55-/m1/s1. The summed E-state index contributed by atoms with van der Waals surface area (Å²) >= 11 is 0. The van der Waals surface area contributed by atoms with Crippen molar-refractivity contribution in [3.8, 4) is 0 Å². The first-order valence-electron chi connectivity index (χ1n) is 28.2. The summed E-state index contributed by atoms with van der Waals surface area (Å²) in [7, 11) is 1.26. The van der Waals surface area contributed by atoms with Crippen LogP contribution in [0.2, 0.25) is 0 Å². The Morgan fingerprint density at radius 3 is 2.06 bits per heavy atom. The van der Waals surface area contributed by atoms with E-state index in [0.29, 0.717) is 38.5 Å². The van der Waals surface area contributed by atoms with E-state index in [-0.39, 0.29) is 49.3 Å². The van der Waals surface area contributed by atoms with Gasteiger partial charge in [-0.1, -0.05) is 39.3 Å². The molecule has 5 aliphatic heterocycles. The molecule has 5 saturated heterocycles. The molecule has 5 heterocycles. The Labute approximate surface area is 460 Å². The number of fused-ring (bicyclic) bond motifs is 4. The van der Waals surface area contributed by atoms with E-state index in [1.54, 1.807) is 0 Å². The molecule has 0 aromatic rings. The lowest BCUT2D eigenvalue weighted by Crippen LogP contribution is -2.66. The predicted molar refractivity (Wildman–Crippen MR) is 268 cm³/mol. The van der Waals surface area contributed by atoms with Gasteiger partial charge in [-0.2, -0.15) is 0 Å². The smallest absolute Gasteiger partial charge is 0.314 e. The lowest BCUT2D eigenvalue weighted by Gasteiger charge is -2.63. The van der Waals surface area contributed by atoms with Crippen LogP contribution < -0.4 is 0 Å². The molecule has 11 N–H and O–H groups in total. The number of aliphatic hydroxyl groups excluding tert-OH is 10. The van der Waals surface area contributed by atoms with Gasteiger partial charge in [0.05, 0.1) is 55.1 Å². The number of allylic oxidation sites excluding steroid dienone is 2. The van der Waals surface area contributed by atoms with Gasteiger partial charge in [-0.05, 0) is 102 Å². The molecule has 24 nitrogen and oxygen atoms in total.